The molecule has 2 amide bonds. The van der Waals surface area contributed by atoms with E-state index in [0.29, 0.717) is 18.0 Å². The van der Waals surface area contributed by atoms with E-state index in [2.05, 4.69) is 20.9 Å². The van der Waals surface area contributed by atoms with Gasteiger partial charge in [-0.15, -0.1) is 0 Å². The molecule has 1 atom stereocenters. The van der Waals surface area contributed by atoms with Crippen LogP contribution in [0.2, 0.25) is 0 Å². The smallest absolute Gasteiger partial charge is 0.243 e. The van der Waals surface area contributed by atoms with Gasteiger partial charge in [0.1, 0.15) is 5.75 Å². The third kappa shape index (κ3) is 4.72. The van der Waals surface area contributed by atoms with Crippen LogP contribution < -0.4 is 10.1 Å². The van der Waals surface area contributed by atoms with Crippen molar-refractivity contribution in [3.63, 3.8) is 0 Å². The predicted octanol–water partition coefficient (Wildman–Crippen LogP) is 2.27. The van der Waals surface area contributed by atoms with Gasteiger partial charge in [-0.25, -0.2) is 0 Å². The molecule has 0 spiro atoms. The molecule has 150 valence electrons. The van der Waals surface area contributed by atoms with Crippen LogP contribution in [-0.4, -0.2) is 60.0 Å². The molecule has 1 N–H and O–H groups in total. The molecule has 2 aromatic rings. The van der Waals surface area contributed by atoms with Crippen LogP contribution in [0.15, 0.2) is 42.6 Å². The third-order valence-corrected chi connectivity index (χ3v) is 5.19. The number of amides is 2. The highest BCUT2D eigenvalue weighted by molar-refractivity contribution is 5.94. The normalized spacial score (nSPS) is 16.8. The van der Waals surface area contributed by atoms with Crippen molar-refractivity contribution in [2.45, 2.75) is 18.9 Å². The topological polar surface area (TPSA) is 66.8 Å². The molecule has 1 aliphatic rings. The van der Waals surface area contributed by atoms with Crippen LogP contribution >= 0.6 is 0 Å². The Balaban J connectivity index is 1.54. The van der Waals surface area contributed by atoms with E-state index < -0.39 is 0 Å². The van der Waals surface area contributed by atoms with Gasteiger partial charge in [-0.3, -0.25) is 14.5 Å². The van der Waals surface area contributed by atoms with Gasteiger partial charge in [-0.05, 0) is 43.7 Å². The lowest BCUT2D eigenvalue weighted by atomic mass is 10.1. The lowest BCUT2D eigenvalue weighted by molar-refractivity contribution is -0.134. The number of hydrogen-bond acceptors (Lipinski definition) is 4. The fourth-order valence-corrected chi connectivity index (χ4v) is 3.67. The Kier molecular flexibility index (Phi) is 6.36. The first-order valence-electron chi connectivity index (χ1n) is 9.51. The van der Waals surface area contributed by atoms with Gasteiger partial charge < -0.3 is 19.5 Å². The maximum absolute atomic E-state index is 12.7. The average molecular weight is 384 g/mol. The van der Waals surface area contributed by atoms with Crippen LogP contribution in [-0.2, 0) is 16.6 Å². The summed E-state index contributed by atoms with van der Waals surface area (Å²) >= 11 is 0. The number of aryl methyl sites for hydroxylation is 1. The summed E-state index contributed by atoms with van der Waals surface area (Å²) in [6.45, 7) is 1.23. The number of aromatic nitrogens is 1. The van der Waals surface area contributed by atoms with Crippen molar-refractivity contribution in [2.75, 3.05) is 39.1 Å². The minimum absolute atomic E-state index is 0.0126. The summed E-state index contributed by atoms with van der Waals surface area (Å²) in [7, 11) is 5.28. The van der Waals surface area contributed by atoms with Gasteiger partial charge in [0.05, 0.1) is 26.2 Å². The summed E-state index contributed by atoms with van der Waals surface area (Å²) in [5.74, 6) is 0.384. The number of likely N-dealkylation sites (tertiary alicyclic amines) is 1. The van der Waals surface area contributed by atoms with E-state index in [9.17, 15) is 9.59 Å². The number of rotatable bonds is 7. The van der Waals surface area contributed by atoms with Gasteiger partial charge in [0, 0.05) is 37.7 Å². The number of ether oxygens (including phenoxy) is 1. The first-order valence-corrected chi connectivity index (χ1v) is 9.51. The summed E-state index contributed by atoms with van der Waals surface area (Å²) in [6.07, 6.45) is 4.15. The van der Waals surface area contributed by atoms with Crippen LogP contribution in [0.3, 0.4) is 0 Å². The quantitative estimate of drug-likeness (QED) is 0.795. The molecule has 1 fully saturated rings. The van der Waals surface area contributed by atoms with Crippen molar-refractivity contribution in [1.82, 2.24) is 14.4 Å². The SMILES string of the molecule is COc1cccc(NC(=O)CN(C)C(=O)CN2CCC[C@H]2c2cccn2C)c1. The largest absolute Gasteiger partial charge is 0.497 e. The zero-order chi connectivity index (χ0) is 20.1. The average Bonchev–Trinajstić information content (AvgIpc) is 3.29. The zero-order valence-corrected chi connectivity index (χ0v) is 16.7. The second-order valence-electron chi connectivity index (χ2n) is 7.20. The number of benzene rings is 1. The molecule has 0 radical (unpaired) electrons. The lowest BCUT2D eigenvalue weighted by Crippen LogP contribution is -2.41. The molecule has 2 heterocycles. The van der Waals surface area contributed by atoms with Gasteiger partial charge in [-0.1, -0.05) is 6.07 Å². The summed E-state index contributed by atoms with van der Waals surface area (Å²) in [5.41, 5.74) is 1.87. The number of likely N-dealkylation sites (N-methyl/N-ethyl adjacent to an activating group) is 1. The molecule has 0 aliphatic carbocycles. The summed E-state index contributed by atoms with van der Waals surface area (Å²) in [5, 5.41) is 2.80. The van der Waals surface area contributed by atoms with Crippen molar-refractivity contribution >= 4 is 17.5 Å². The minimum atomic E-state index is -0.232. The standard InChI is InChI=1S/C21H28N4O3/c1-23-11-5-9-18(23)19-10-6-12-25(19)15-21(27)24(2)14-20(26)22-16-7-4-8-17(13-16)28-3/h4-5,7-9,11,13,19H,6,10,12,14-15H2,1-3H3,(H,22,26)/t19-/m0/s1. The second kappa shape index (κ2) is 8.93. The van der Waals surface area contributed by atoms with Crippen LogP contribution in [0, 0.1) is 0 Å². The Labute approximate surface area is 165 Å². The number of methoxy groups -OCH3 is 1. The maximum Gasteiger partial charge on any atom is 0.243 e. The molecule has 0 bridgehead atoms. The molecule has 0 unspecified atom stereocenters. The van der Waals surface area contributed by atoms with Crippen molar-refractivity contribution < 1.29 is 14.3 Å². The Morgan fingerprint density at radius 2 is 2.11 bits per heavy atom. The van der Waals surface area contributed by atoms with Crippen molar-refractivity contribution in [2.24, 2.45) is 7.05 Å². The fraction of sp³-hybridized carbons (Fsp3) is 0.429. The number of nitrogens with one attached hydrogen (secondary N) is 1. The van der Waals surface area contributed by atoms with Gasteiger partial charge >= 0.3 is 0 Å². The Morgan fingerprint density at radius 3 is 2.82 bits per heavy atom. The molecule has 3 rings (SSSR count). The van der Waals surface area contributed by atoms with Gasteiger partial charge in [-0.2, -0.15) is 0 Å². The Morgan fingerprint density at radius 1 is 1.29 bits per heavy atom. The van der Waals surface area contributed by atoms with Crippen LogP contribution in [0.5, 0.6) is 5.75 Å². The van der Waals surface area contributed by atoms with E-state index >= 15 is 0 Å². The molecule has 1 saturated heterocycles. The third-order valence-electron chi connectivity index (χ3n) is 5.19. The fourth-order valence-electron chi connectivity index (χ4n) is 3.67. The monoisotopic (exact) mass is 384 g/mol. The first-order chi connectivity index (χ1) is 13.5. The van der Waals surface area contributed by atoms with E-state index in [1.54, 1.807) is 32.4 Å². The van der Waals surface area contributed by atoms with E-state index in [-0.39, 0.29) is 24.4 Å². The number of hydrogen-bond donors (Lipinski definition) is 1. The minimum Gasteiger partial charge on any atom is -0.497 e. The van der Waals surface area contributed by atoms with Gasteiger partial charge in [0.2, 0.25) is 11.8 Å². The molecule has 1 aliphatic heterocycles. The predicted molar refractivity (Wildman–Crippen MR) is 108 cm³/mol. The van der Waals surface area contributed by atoms with Crippen molar-refractivity contribution in [1.29, 1.82) is 0 Å². The number of carbonyl (C=O) groups excluding carboxylic acids is 2. The van der Waals surface area contributed by atoms with Crippen LogP contribution in [0.1, 0.15) is 24.6 Å². The first kappa shape index (κ1) is 19.9. The molecule has 1 aromatic heterocycles. The summed E-state index contributed by atoms with van der Waals surface area (Å²) < 4.78 is 7.27. The van der Waals surface area contributed by atoms with E-state index in [4.69, 9.17) is 4.74 Å². The molecule has 0 saturated carbocycles. The Hall–Kier alpha value is -2.80. The Bertz CT molecular complexity index is 833. The van der Waals surface area contributed by atoms with Gasteiger partial charge in [0.25, 0.3) is 0 Å². The highest BCUT2D eigenvalue weighted by atomic mass is 16.5. The lowest BCUT2D eigenvalue weighted by Gasteiger charge is -2.26. The highest BCUT2D eigenvalue weighted by Gasteiger charge is 2.30. The van der Waals surface area contributed by atoms with Crippen molar-refractivity contribution in [3.8, 4) is 5.75 Å². The summed E-state index contributed by atoms with van der Waals surface area (Å²) in [6, 6.07) is 11.5. The van der Waals surface area contributed by atoms with E-state index in [1.165, 1.54) is 10.6 Å². The van der Waals surface area contributed by atoms with E-state index in [0.717, 1.165) is 19.4 Å². The van der Waals surface area contributed by atoms with Crippen LogP contribution in [0.25, 0.3) is 0 Å². The molecular formula is C21H28N4O3. The molecule has 28 heavy (non-hydrogen) atoms. The molecule has 7 nitrogen and oxygen atoms in total. The molecule has 7 heteroatoms. The zero-order valence-electron chi connectivity index (χ0n) is 16.7. The summed E-state index contributed by atoms with van der Waals surface area (Å²) in [4.78, 5) is 28.6. The number of anilines is 1. The number of nitrogens with zero attached hydrogens (tertiary/aromatic N) is 3. The highest BCUT2D eigenvalue weighted by Crippen LogP contribution is 2.31. The van der Waals surface area contributed by atoms with E-state index in [1.807, 2.05) is 25.4 Å². The molecular weight excluding hydrogens is 356 g/mol. The number of carbonyl (C=O) groups is 2. The maximum atomic E-state index is 12.7. The van der Waals surface area contributed by atoms with Gasteiger partial charge in [0.15, 0.2) is 0 Å². The second-order valence-corrected chi connectivity index (χ2v) is 7.20. The van der Waals surface area contributed by atoms with Crippen LogP contribution in [0.4, 0.5) is 5.69 Å². The van der Waals surface area contributed by atoms with Crippen molar-refractivity contribution in [3.05, 3.63) is 48.3 Å². The molecule has 1 aromatic carbocycles.